The van der Waals surface area contributed by atoms with Crippen LogP contribution in [0.15, 0.2) is 24.3 Å². The average molecular weight is 233 g/mol. The number of aryl methyl sites for hydroxylation is 1. The SMILES string of the molecule is Cc1ccc(OCCCCP)cc1.Cl. The van der Waals surface area contributed by atoms with Crippen LogP contribution in [0.5, 0.6) is 5.75 Å². The van der Waals surface area contributed by atoms with Gasteiger partial charge in [-0.05, 0) is 38.1 Å². The van der Waals surface area contributed by atoms with Gasteiger partial charge in [-0.1, -0.05) is 17.7 Å². The predicted molar refractivity (Wildman–Crippen MR) is 67.7 cm³/mol. The van der Waals surface area contributed by atoms with E-state index in [1.165, 1.54) is 12.0 Å². The standard InChI is InChI=1S/C11H17OP.ClH/c1-10-4-6-11(7-5-10)12-8-2-3-9-13;/h4-7H,2-3,8-9,13H2,1H3;1H. The third-order valence-corrected chi connectivity index (χ3v) is 2.30. The van der Waals surface area contributed by atoms with Crippen molar-refractivity contribution in [2.45, 2.75) is 19.8 Å². The highest BCUT2D eigenvalue weighted by atomic mass is 35.5. The van der Waals surface area contributed by atoms with Gasteiger partial charge in [-0.25, -0.2) is 0 Å². The van der Waals surface area contributed by atoms with Crippen LogP contribution in [0.1, 0.15) is 18.4 Å². The molecule has 1 unspecified atom stereocenters. The van der Waals surface area contributed by atoms with Crippen LogP contribution in [0.2, 0.25) is 0 Å². The van der Waals surface area contributed by atoms with E-state index in [1.54, 1.807) is 0 Å². The number of benzene rings is 1. The summed E-state index contributed by atoms with van der Waals surface area (Å²) < 4.78 is 5.55. The molecule has 0 aliphatic carbocycles. The number of ether oxygens (including phenoxy) is 1. The molecule has 1 atom stereocenters. The van der Waals surface area contributed by atoms with Crippen LogP contribution < -0.4 is 4.74 Å². The number of unbranched alkanes of at least 4 members (excludes halogenated alkanes) is 1. The number of halogens is 1. The minimum absolute atomic E-state index is 0. The Morgan fingerprint density at radius 3 is 2.36 bits per heavy atom. The molecule has 0 aromatic heterocycles. The van der Waals surface area contributed by atoms with Crippen LogP contribution in [0.4, 0.5) is 0 Å². The van der Waals surface area contributed by atoms with E-state index in [2.05, 4.69) is 28.3 Å². The van der Waals surface area contributed by atoms with Crippen molar-refractivity contribution in [3.63, 3.8) is 0 Å². The normalized spacial score (nSPS) is 9.29. The Labute approximate surface area is 94.9 Å². The molecule has 14 heavy (non-hydrogen) atoms. The molecule has 0 bridgehead atoms. The van der Waals surface area contributed by atoms with Crippen molar-refractivity contribution in [1.82, 2.24) is 0 Å². The van der Waals surface area contributed by atoms with Gasteiger partial charge in [-0.2, -0.15) is 0 Å². The van der Waals surface area contributed by atoms with Gasteiger partial charge in [0.1, 0.15) is 5.75 Å². The van der Waals surface area contributed by atoms with E-state index >= 15 is 0 Å². The molecule has 80 valence electrons. The number of hydrogen-bond acceptors (Lipinski definition) is 1. The van der Waals surface area contributed by atoms with Crippen LogP contribution in [0.25, 0.3) is 0 Å². The van der Waals surface area contributed by atoms with E-state index in [0.717, 1.165) is 24.9 Å². The Bertz CT molecular complexity index is 236. The van der Waals surface area contributed by atoms with Gasteiger partial charge < -0.3 is 4.74 Å². The van der Waals surface area contributed by atoms with Crippen molar-refractivity contribution >= 4 is 21.6 Å². The maximum absolute atomic E-state index is 5.55. The first-order chi connectivity index (χ1) is 6.33. The van der Waals surface area contributed by atoms with Crippen LogP contribution in [-0.2, 0) is 0 Å². The lowest BCUT2D eigenvalue weighted by Crippen LogP contribution is -1.97. The fraction of sp³-hybridized carbons (Fsp3) is 0.455. The molecule has 1 rings (SSSR count). The van der Waals surface area contributed by atoms with Crippen molar-refractivity contribution in [1.29, 1.82) is 0 Å². The molecule has 0 spiro atoms. The van der Waals surface area contributed by atoms with Crippen molar-refractivity contribution in [3.8, 4) is 5.75 Å². The van der Waals surface area contributed by atoms with E-state index < -0.39 is 0 Å². The molecule has 1 nitrogen and oxygen atoms in total. The number of hydrogen-bond donors (Lipinski definition) is 0. The summed E-state index contributed by atoms with van der Waals surface area (Å²) in [6, 6.07) is 8.20. The minimum atomic E-state index is 0. The van der Waals surface area contributed by atoms with Crippen molar-refractivity contribution in [3.05, 3.63) is 29.8 Å². The molecule has 1 aromatic rings. The monoisotopic (exact) mass is 232 g/mol. The average Bonchev–Trinajstić information content (AvgIpc) is 2.15. The molecule has 0 heterocycles. The molecule has 0 saturated heterocycles. The Morgan fingerprint density at radius 1 is 1.14 bits per heavy atom. The molecule has 0 radical (unpaired) electrons. The first-order valence-electron chi connectivity index (χ1n) is 4.72. The summed E-state index contributed by atoms with van der Waals surface area (Å²) in [4.78, 5) is 0. The fourth-order valence-electron chi connectivity index (χ4n) is 1.07. The van der Waals surface area contributed by atoms with Gasteiger partial charge in [0.2, 0.25) is 0 Å². The van der Waals surface area contributed by atoms with Crippen LogP contribution in [-0.4, -0.2) is 12.8 Å². The van der Waals surface area contributed by atoms with Crippen molar-refractivity contribution < 1.29 is 4.74 Å². The largest absolute Gasteiger partial charge is 0.494 e. The van der Waals surface area contributed by atoms with Gasteiger partial charge in [0.15, 0.2) is 0 Å². The quantitative estimate of drug-likeness (QED) is 0.558. The molecule has 1 aromatic carbocycles. The summed E-state index contributed by atoms with van der Waals surface area (Å²) in [7, 11) is 2.73. The molecule has 0 saturated carbocycles. The summed E-state index contributed by atoms with van der Waals surface area (Å²) in [6.45, 7) is 2.91. The highest BCUT2D eigenvalue weighted by molar-refractivity contribution is 7.16. The molecular weight excluding hydrogens is 215 g/mol. The second-order valence-electron chi connectivity index (χ2n) is 3.16. The highest BCUT2D eigenvalue weighted by Crippen LogP contribution is 2.11. The zero-order valence-electron chi connectivity index (χ0n) is 8.53. The number of rotatable bonds is 5. The molecule has 0 fully saturated rings. The zero-order chi connectivity index (χ0) is 9.52. The Morgan fingerprint density at radius 2 is 1.79 bits per heavy atom. The maximum atomic E-state index is 5.55. The Balaban J connectivity index is 0.00000169. The molecule has 0 N–H and O–H groups in total. The highest BCUT2D eigenvalue weighted by Gasteiger charge is 1.92. The smallest absolute Gasteiger partial charge is 0.119 e. The van der Waals surface area contributed by atoms with Gasteiger partial charge in [0.05, 0.1) is 6.61 Å². The van der Waals surface area contributed by atoms with Gasteiger partial charge in [-0.3, -0.25) is 0 Å². The molecule has 3 heteroatoms. The zero-order valence-corrected chi connectivity index (χ0v) is 10.5. The van der Waals surface area contributed by atoms with Gasteiger partial charge in [0.25, 0.3) is 0 Å². The van der Waals surface area contributed by atoms with Crippen LogP contribution >= 0.6 is 21.6 Å². The van der Waals surface area contributed by atoms with Gasteiger partial charge >= 0.3 is 0 Å². The van der Waals surface area contributed by atoms with Gasteiger partial charge in [-0.15, -0.1) is 21.6 Å². The first kappa shape index (κ1) is 13.7. The van der Waals surface area contributed by atoms with Gasteiger partial charge in [0, 0.05) is 0 Å². The molecular formula is C11H18ClOP. The van der Waals surface area contributed by atoms with E-state index in [-0.39, 0.29) is 12.4 Å². The molecule has 0 amide bonds. The molecule has 0 aliphatic rings. The Kier molecular flexibility index (Phi) is 7.93. The summed E-state index contributed by atoms with van der Waals surface area (Å²) in [5, 5.41) is 0. The van der Waals surface area contributed by atoms with E-state index in [1.807, 2.05) is 12.1 Å². The van der Waals surface area contributed by atoms with Crippen molar-refractivity contribution in [2.75, 3.05) is 12.8 Å². The topological polar surface area (TPSA) is 9.23 Å². The van der Waals surface area contributed by atoms with Crippen LogP contribution in [0, 0.1) is 6.92 Å². The third-order valence-electron chi connectivity index (χ3n) is 1.89. The second kappa shape index (κ2) is 8.08. The first-order valence-corrected chi connectivity index (χ1v) is 5.54. The van der Waals surface area contributed by atoms with E-state index in [9.17, 15) is 0 Å². The lowest BCUT2D eigenvalue weighted by Gasteiger charge is -2.05. The van der Waals surface area contributed by atoms with Crippen molar-refractivity contribution in [2.24, 2.45) is 0 Å². The predicted octanol–water partition coefficient (Wildman–Crippen LogP) is 3.45. The summed E-state index contributed by atoms with van der Waals surface area (Å²) in [6.07, 6.45) is 3.52. The summed E-state index contributed by atoms with van der Waals surface area (Å²) in [5.74, 6) is 0.981. The maximum Gasteiger partial charge on any atom is 0.119 e. The van der Waals surface area contributed by atoms with Crippen LogP contribution in [0.3, 0.4) is 0 Å². The minimum Gasteiger partial charge on any atom is -0.494 e. The molecule has 0 aliphatic heterocycles. The Hall–Kier alpha value is -0.260. The van der Waals surface area contributed by atoms with E-state index in [4.69, 9.17) is 4.74 Å². The lowest BCUT2D eigenvalue weighted by atomic mass is 10.2. The lowest BCUT2D eigenvalue weighted by molar-refractivity contribution is 0.310. The fourth-order valence-corrected chi connectivity index (χ4v) is 1.36. The summed E-state index contributed by atoms with van der Waals surface area (Å²) in [5.41, 5.74) is 1.28. The third kappa shape index (κ3) is 5.47. The second-order valence-corrected chi connectivity index (χ2v) is 3.73. The van der Waals surface area contributed by atoms with E-state index in [0.29, 0.717) is 0 Å². The summed E-state index contributed by atoms with van der Waals surface area (Å²) >= 11 is 0.